The first-order chi connectivity index (χ1) is 13.2. The normalized spacial score (nSPS) is 16.3. The van der Waals surface area contributed by atoms with Gasteiger partial charge in [0.1, 0.15) is 5.82 Å². The maximum absolute atomic E-state index is 13.3. The van der Waals surface area contributed by atoms with Gasteiger partial charge in [0.2, 0.25) is 5.91 Å². The molecule has 0 unspecified atom stereocenters. The summed E-state index contributed by atoms with van der Waals surface area (Å²) >= 11 is 0. The van der Waals surface area contributed by atoms with E-state index in [-0.39, 0.29) is 11.7 Å². The van der Waals surface area contributed by atoms with Crippen molar-refractivity contribution in [1.29, 1.82) is 0 Å². The van der Waals surface area contributed by atoms with Gasteiger partial charge in [-0.2, -0.15) is 0 Å². The Hall–Kier alpha value is -2.66. The fourth-order valence-corrected chi connectivity index (χ4v) is 3.97. The van der Waals surface area contributed by atoms with Crippen molar-refractivity contribution in [1.82, 2.24) is 10.3 Å². The van der Waals surface area contributed by atoms with E-state index in [0.29, 0.717) is 39.0 Å². The molecule has 4 rings (SSSR count). The Morgan fingerprint density at radius 2 is 1.93 bits per heavy atom. The minimum Gasteiger partial charge on any atom is -0.381 e. The van der Waals surface area contributed by atoms with Crippen LogP contribution in [0.25, 0.3) is 10.9 Å². The van der Waals surface area contributed by atoms with E-state index in [2.05, 4.69) is 10.3 Å². The van der Waals surface area contributed by atoms with Gasteiger partial charge in [-0.05, 0) is 48.6 Å². The van der Waals surface area contributed by atoms with E-state index in [1.165, 1.54) is 12.1 Å². The molecule has 27 heavy (non-hydrogen) atoms. The molecule has 3 aromatic rings. The number of halogens is 1. The number of benzene rings is 2. The number of hydrogen-bond donors (Lipinski definition) is 2. The van der Waals surface area contributed by atoms with Crippen molar-refractivity contribution >= 4 is 16.8 Å². The molecule has 0 spiro atoms. The molecule has 1 fully saturated rings. The fraction of sp³-hybridized carbons (Fsp3) is 0.318. The molecule has 1 aromatic heterocycles. The number of amides is 1. The smallest absolute Gasteiger partial charge is 0.230 e. The molecule has 1 aliphatic heterocycles. The Bertz CT molecular complexity index is 930. The molecule has 4 nitrogen and oxygen atoms in total. The number of fused-ring (bicyclic) bond motifs is 1. The highest BCUT2D eigenvalue weighted by atomic mass is 19.1. The first-order valence-electron chi connectivity index (χ1n) is 9.36. The standard InChI is InChI=1S/C22H23FN2O2/c23-18-6-7-19-16(15-25-20(19)14-18)8-11-24-21(26)22(9-12-27-13-10-22)17-4-2-1-3-5-17/h1-7,14-15,25H,8-13H2,(H,24,26). The lowest BCUT2D eigenvalue weighted by Gasteiger charge is -2.36. The average molecular weight is 366 g/mol. The quantitative estimate of drug-likeness (QED) is 0.723. The molecule has 0 atom stereocenters. The zero-order valence-corrected chi connectivity index (χ0v) is 15.1. The van der Waals surface area contributed by atoms with Crippen LogP contribution < -0.4 is 5.32 Å². The Labute approximate surface area is 157 Å². The number of rotatable bonds is 5. The van der Waals surface area contributed by atoms with Gasteiger partial charge in [0.25, 0.3) is 0 Å². The minimum absolute atomic E-state index is 0.0582. The van der Waals surface area contributed by atoms with Gasteiger partial charge in [-0.3, -0.25) is 4.79 Å². The molecule has 2 heterocycles. The van der Waals surface area contributed by atoms with Crippen LogP contribution in [-0.4, -0.2) is 30.6 Å². The van der Waals surface area contributed by atoms with Crippen molar-refractivity contribution in [2.45, 2.75) is 24.7 Å². The topological polar surface area (TPSA) is 54.1 Å². The lowest BCUT2D eigenvalue weighted by atomic mass is 9.73. The summed E-state index contributed by atoms with van der Waals surface area (Å²) in [7, 11) is 0. The summed E-state index contributed by atoms with van der Waals surface area (Å²) in [5.74, 6) is -0.198. The Morgan fingerprint density at radius 3 is 2.70 bits per heavy atom. The van der Waals surface area contributed by atoms with E-state index in [1.807, 2.05) is 36.5 Å². The maximum Gasteiger partial charge on any atom is 0.230 e. The number of ether oxygens (including phenoxy) is 1. The van der Waals surface area contributed by atoms with Gasteiger partial charge in [0, 0.05) is 36.9 Å². The summed E-state index contributed by atoms with van der Waals surface area (Å²) in [6.45, 7) is 1.73. The van der Waals surface area contributed by atoms with E-state index in [1.54, 1.807) is 6.07 Å². The van der Waals surface area contributed by atoms with Crippen LogP contribution in [-0.2, 0) is 21.4 Å². The lowest BCUT2D eigenvalue weighted by Crippen LogP contribution is -2.48. The third-order valence-electron chi connectivity index (χ3n) is 5.52. The number of aromatic amines is 1. The van der Waals surface area contributed by atoms with Crippen molar-refractivity contribution in [3.05, 3.63) is 71.7 Å². The fourth-order valence-electron chi connectivity index (χ4n) is 3.97. The van der Waals surface area contributed by atoms with Crippen LogP contribution in [0.2, 0.25) is 0 Å². The second kappa shape index (κ2) is 7.53. The first-order valence-corrected chi connectivity index (χ1v) is 9.36. The van der Waals surface area contributed by atoms with Crippen LogP contribution in [0, 0.1) is 5.82 Å². The van der Waals surface area contributed by atoms with Gasteiger partial charge >= 0.3 is 0 Å². The summed E-state index contributed by atoms with van der Waals surface area (Å²) in [6.07, 6.45) is 3.96. The van der Waals surface area contributed by atoms with Gasteiger partial charge in [0.05, 0.1) is 5.41 Å². The number of carbonyl (C=O) groups is 1. The van der Waals surface area contributed by atoms with E-state index in [4.69, 9.17) is 4.74 Å². The van der Waals surface area contributed by atoms with Crippen LogP contribution in [0.1, 0.15) is 24.0 Å². The van der Waals surface area contributed by atoms with E-state index < -0.39 is 5.41 Å². The number of carbonyl (C=O) groups excluding carboxylic acids is 1. The predicted molar refractivity (Wildman–Crippen MR) is 103 cm³/mol. The molecular weight excluding hydrogens is 343 g/mol. The van der Waals surface area contributed by atoms with E-state index >= 15 is 0 Å². The highest BCUT2D eigenvalue weighted by Gasteiger charge is 2.41. The highest BCUT2D eigenvalue weighted by molar-refractivity contribution is 5.88. The van der Waals surface area contributed by atoms with E-state index in [0.717, 1.165) is 22.0 Å². The van der Waals surface area contributed by atoms with Gasteiger partial charge < -0.3 is 15.0 Å². The second-order valence-corrected chi connectivity index (χ2v) is 7.07. The predicted octanol–water partition coefficient (Wildman–Crippen LogP) is 3.71. The monoisotopic (exact) mass is 366 g/mol. The molecule has 0 bridgehead atoms. The van der Waals surface area contributed by atoms with Crippen molar-refractivity contribution < 1.29 is 13.9 Å². The van der Waals surface area contributed by atoms with Gasteiger partial charge in [0.15, 0.2) is 0 Å². The second-order valence-electron chi connectivity index (χ2n) is 7.07. The van der Waals surface area contributed by atoms with Crippen LogP contribution in [0.4, 0.5) is 4.39 Å². The third kappa shape index (κ3) is 3.47. The zero-order valence-electron chi connectivity index (χ0n) is 15.1. The number of aromatic nitrogens is 1. The molecule has 2 aromatic carbocycles. The molecule has 5 heteroatoms. The summed E-state index contributed by atoms with van der Waals surface area (Å²) in [6, 6.07) is 14.7. The number of nitrogens with one attached hydrogen (secondary N) is 2. The van der Waals surface area contributed by atoms with E-state index in [9.17, 15) is 9.18 Å². The summed E-state index contributed by atoms with van der Waals surface area (Å²) in [5.41, 5.74) is 2.38. The van der Waals surface area contributed by atoms with Gasteiger partial charge in [-0.1, -0.05) is 30.3 Å². The highest BCUT2D eigenvalue weighted by Crippen LogP contribution is 2.35. The average Bonchev–Trinajstić information content (AvgIpc) is 3.11. The number of H-pyrrole nitrogens is 1. The molecule has 1 amide bonds. The first kappa shape index (κ1) is 17.7. The molecule has 0 saturated carbocycles. The Morgan fingerprint density at radius 1 is 1.15 bits per heavy atom. The molecule has 2 N–H and O–H groups in total. The van der Waals surface area contributed by atoms with Crippen LogP contribution >= 0.6 is 0 Å². The molecule has 0 radical (unpaired) electrons. The third-order valence-corrected chi connectivity index (χ3v) is 5.52. The summed E-state index contributed by atoms with van der Waals surface area (Å²) in [4.78, 5) is 16.2. The largest absolute Gasteiger partial charge is 0.381 e. The van der Waals surface area contributed by atoms with Crippen molar-refractivity contribution in [2.24, 2.45) is 0 Å². The minimum atomic E-state index is -0.525. The van der Waals surface area contributed by atoms with Crippen LogP contribution in [0.15, 0.2) is 54.7 Å². The van der Waals surface area contributed by atoms with Crippen molar-refractivity contribution in [2.75, 3.05) is 19.8 Å². The molecule has 0 aliphatic carbocycles. The lowest BCUT2D eigenvalue weighted by molar-refractivity contribution is -0.130. The van der Waals surface area contributed by atoms with Gasteiger partial charge in [-0.15, -0.1) is 0 Å². The van der Waals surface area contributed by atoms with Crippen molar-refractivity contribution in [3.63, 3.8) is 0 Å². The van der Waals surface area contributed by atoms with Crippen LogP contribution in [0.3, 0.4) is 0 Å². The van der Waals surface area contributed by atoms with Crippen LogP contribution in [0.5, 0.6) is 0 Å². The molecule has 140 valence electrons. The summed E-state index contributed by atoms with van der Waals surface area (Å²) in [5, 5.41) is 4.12. The summed E-state index contributed by atoms with van der Waals surface area (Å²) < 4.78 is 18.8. The number of hydrogen-bond acceptors (Lipinski definition) is 2. The van der Waals surface area contributed by atoms with Crippen molar-refractivity contribution in [3.8, 4) is 0 Å². The van der Waals surface area contributed by atoms with Gasteiger partial charge in [-0.25, -0.2) is 4.39 Å². The Balaban J connectivity index is 1.47. The zero-order chi connectivity index (χ0) is 18.7. The molecular formula is C22H23FN2O2. The molecule has 1 aliphatic rings. The Kier molecular flexibility index (Phi) is 4.94. The maximum atomic E-state index is 13.3. The SMILES string of the molecule is O=C(NCCc1c[nH]c2cc(F)ccc12)C1(c2ccccc2)CCOCC1. The molecule has 1 saturated heterocycles.